The lowest BCUT2D eigenvalue weighted by molar-refractivity contribution is -0.116. The van der Waals surface area contributed by atoms with Gasteiger partial charge < -0.3 is 10.1 Å². The van der Waals surface area contributed by atoms with Crippen LogP contribution in [0, 0.1) is 11.3 Å². The molecule has 0 fully saturated rings. The first kappa shape index (κ1) is 13.3. The number of anilines is 1. The zero-order valence-corrected chi connectivity index (χ0v) is 10.0. The second-order valence-corrected chi connectivity index (χ2v) is 3.69. The number of ether oxygens (including phenoxy) is 1. The van der Waals surface area contributed by atoms with E-state index in [-0.39, 0.29) is 12.5 Å². The molecule has 0 bridgehead atoms. The molecule has 0 unspecified atom stereocenters. The molecular formula is C12H13ClN2O2. The third-order valence-corrected chi connectivity index (χ3v) is 2.25. The van der Waals surface area contributed by atoms with Crippen molar-refractivity contribution >= 4 is 23.2 Å². The predicted octanol–water partition coefficient (Wildman–Crippen LogP) is 2.55. The number of hydrogen-bond acceptors (Lipinski definition) is 3. The highest BCUT2D eigenvalue weighted by Crippen LogP contribution is 2.15. The van der Waals surface area contributed by atoms with Crippen LogP contribution in [0.1, 0.15) is 12.8 Å². The first-order valence-electron chi connectivity index (χ1n) is 5.22. The van der Waals surface area contributed by atoms with Crippen molar-refractivity contribution in [3.05, 3.63) is 24.3 Å². The smallest absolute Gasteiger partial charge is 0.224 e. The fraction of sp³-hybridized carbons (Fsp3) is 0.333. The molecule has 5 heteroatoms. The molecule has 0 aliphatic heterocycles. The van der Waals surface area contributed by atoms with Gasteiger partial charge >= 0.3 is 0 Å². The number of nitrogens with zero attached hydrogens (tertiary/aromatic N) is 1. The van der Waals surface area contributed by atoms with E-state index >= 15 is 0 Å². The summed E-state index contributed by atoms with van der Waals surface area (Å²) in [6, 6.07) is 8.74. The van der Waals surface area contributed by atoms with Crippen LogP contribution < -0.4 is 10.1 Å². The lowest BCUT2D eigenvalue weighted by Gasteiger charge is -2.06. The van der Waals surface area contributed by atoms with E-state index in [0.717, 1.165) is 0 Å². The highest BCUT2D eigenvalue weighted by molar-refractivity contribution is 6.18. The van der Waals surface area contributed by atoms with E-state index in [9.17, 15) is 4.79 Å². The quantitative estimate of drug-likeness (QED) is 0.792. The highest BCUT2D eigenvalue weighted by atomic mass is 35.5. The topological polar surface area (TPSA) is 62.1 Å². The number of alkyl halides is 1. The molecule has 0 radical (unpaired) electrons. The van der Waals surface area contributed by atoms with Crippen LogP contribution in [0.25, 0.3) is 0 Å². The molecule has 0 aliphatic rings. The maximum Gasteiger partial charge on any atom is 0.224 e. The van der Waals surface area contributed by atoms with Gasteiger partial charge in [-0.25, -0.2) is 0 Å². The molecule has 1 rings (SSSR count). The van der Waals surface area contributed by atoms with Gasteiger partial charge in [0.2, 0.25) is 5.91 Å². The molecule has 0 aliphatic carbocycles. The Morgan fingerprint density at radius 2 is 2.12 bits per heavy atom. The van der Waals surface area contributed by atoms with Gasteiger partial charge in [-0.3, -0.25) is 4.79 Å². The van der Waals surface area contributed by atoms with E-state index in [2.05, 4.69) is 5.32 Å². The van der Waals surface area contributed by atoms with Gasteiger partial charge in [0.15, 0.2) is 6.61 Å². The Labute approximate surface area is 105 Å². The summed E-state index contributed by atoms with van der Waals surface area (Å²) in [5.41, 5.74) is 0.703. The molecule has 1 aromatic rings. The van der Waals surface area contributed by atoms with Crippen LogP contribution in [0.2, 0.25) is 0 Å². The van der Waals surface area contributed by atoms with Crippen molar-refractivity contribution in [1.29, 1.82) is 5.26 Å². The second-order valence-electron chi connectivity index (χ2n) is 3.31. The van der Waals surface area contributed by atoms with E-state index in [1.807, 2.05) is 6.07 Å². The fourth-order valence-corrected chi connectivity index (χ4v) is 1.33. The first-order chi connectivity index (χ1) is 8.26. The molecule has 1 amide bonds. The third-order valence-electron chi connectivity index (χ3n) is 1.98. The summed E-state index contributed by atoms with van der Waals surface area (Å²) in [6.07, 6.45) is 1.08. The third kappa shape index (κ3) is 5.23. The summed E-state index contributed by atoms with van der Waals surface area (Å²) in [7, 11) is 0. The second kappa shape index (κ2) is 7.53. The monoisotopic (exact) mass is 252 g/mol. The van der Waals surface area contributed by atoms with Gasteiger partial charge in [0.05, 0.1) is 0 Å². The Morgan fingerprint density at radius 1 is 1.41 bits per heavy atom. The van der Waals surface area contributed by atoms with Crippen LogP contribution in [0.4, 0.5) is 5.69 Å². The average molecular weight is 253 g/mol. The van der Waals surface area contributed by atoms with Crippen molar-refractivity contribution < 1.29 is 9.53 Å². The molecule has 0 aromatic heterocycles. The van der Waals surface area contributed by atoms with Gasteiger partial charge in [0.1, 0.15) is 11.8 Å². The summed E-state index contributed by atoms with van der Waals surface area (Å²) in [4.78, 5) is 11.4. The SMILES string of the molecule is N#CCOc1ccc(NC(=O)CCCCl)cc1. The number of carbonyl (C=O) groups excluding carboxylic acids is 1. The number of nitriles is 1. The molecule has 90 valence electrons. The maximum atomic E-state index is 11.4. The van der Waals surface area contributed by atoms with Crippen molar-refractivity contribution in [3.8, 4) is 11.8 Å². The van der Waals surface area contributed by atoms with Crippen LogP contribution in [0.15, 0.2) is 24.3 Å². The standard InChI is InChI=1S/C12H13ClN2O2/c13-7-1-2-12(16)15-10-3-5-11(6-4-10)17-9-8-14/h3-6H,1-2,7,9H2,(H,15,16). The van der Waals surface area contributed by atoms with Gasteiger partial charge in [-0.1, -0.05) is 0 Å². The minimum Gasteiger partial charge on any atom is -0.479 e. The van der Waals surface area contributed by atoms with Crippen LogP contribution in [-0.2, 0) is 4.79 Å². The van der Waals surface area contributed by atoms with Gasteiger partial charge in [-0.15, -0.1) is 11.6 Å². The number of benzene rings is 1. The number of rotatable bonds is 6. The van der Waals surface area contributed by atoms with E-state index in [4.69, 9.17) is 21.6 Å². The summed E-state index contributed by atoms with van der Waals surface area (Å²) in [5.74, 6) is 1.02. The van der Waals surface area contributed by atoms with Gasteiger partial charge in [-0.2, -0.15) is 5.26 Å². The Balaban J connectivity index is 2.45. The molecule has 0 heterocycles. The Hall–Kier alpha value is -1.73. The van der Waals surface area contributed by atoms with Crippen molar-refractivity contribution in [2.45, 2.75) is 12.8 Å². The Morgan fingerprint density at radius 3 is 2.71 bits per heavy atom. The number of hydrogen-bond donors (Lipinski definition) is 1. The fourth-order valence-electron chi connectivity index (χ4n) is 1.20. The lowest BCUT2D eigenvalue weighted by Crippen LogP contribution is -2.11. The number of halogens is 1. The molecule has 0 atom stereocenters. The van der Waals surface area contributed by atoms with Crippen molar-refractivity contribution in [2.24, 2.45) is 0 Å². The highest BCUT2D eigenvalue weighted by Gasteiger charge is 2.01. The number of amides is 1. The minimum absolute atomic E-state index is 0.0153. The van der Waals surface area contributed by atoms with Crippen LogP contribution in [0.3, 0.4) is 0 Å². The largest absolute Gasteiger partial charge is 0.479 e. The molecule has 4 nitrogen and oxygen atoms in total. The summed E-state index contributed by atoms with van der Waals surface area (Å²) < 4.78 is 5.09. The van der Waals surface area contributed by atoms with E-state index in [0.29, 0.717) is 30.2 Å². The summed E-state index contributed by atoms with van der Waals surface area (Å²) in [5, 5.41) is 11.1. The van der Waals surface area contributed by atoms with Crippen molar-refractivity contribution in [3.63, 3.8) is 0 Å². The first-order valence-corrected chi connectivity index (χ1v) is 5.75. The number of nitrogens with one attached hydrogen (secondary N) is 1. The Bertz CT molecular complexity index is 398. The van der Waals surface area contributed by atoms with Crippen molar-refractivity contribution in [1.82, 2.24) is 0 Å². The lowest BCUT2D eigenvalue weighted by atomic mass is 10.2. The van der Waals surface area contributed by atoms with E-state index < -0.39 is 0 Å². The Kier molecular flexibility index (Phi) is 5.91. The molecular weight excluding hydrogens is 240 g/mol. The minimum atomic E-state index is -0.0589. The molecule has 17 heavy (non-hydrogen) atoms. The van der Waals surface area contributed by atoms with Crippen LogP contribution in [0.5, 0.6) is 5.75 Å². The van der Waals surface area contributed by atoms with Gasteiger partial charge in [0, 0.05) is 18.0 Å². The molecule has 0 saturated heterocycles. The van der Waals surface area contributed by atoms with Crippen LogP contribution in [-0.4, -0.2) is 18.4 Å². The zero-order chi connectivity index (χ0) is 12.5. The maximum absolute atomic E-state index is 11.4. The normalized spacial score (nSPS) is 9.41. The number of carbonyl (C=O) groups is 1. The molecule has 1 aromatic carbocycles. The molecule has 1 N–H and O–H groups in total. The average Bonchev–Trinajstić information content (AvgIpc) is 2.35. The summed E-state index contributed by atoms with van der Waals surface area (Å²) >= 11 is 5.49. The van der Waals surface area contributed by atoms with E-state index in [1.54, 1.807) is 24.3 Å². The molecule has 0 saturated carbocycles. The molecule has 0 spiro atoms. The van der Waals surface area contributed by atoms with Gasteiger partial charge in [-0.05, 0) is 30.7 Å². The zero-order valence-electron chi connectivity index (χ0n) is 9.28. The predicted molar refractivity (Wildman–Crippen MR) is 66.1 cm³/mol. The van der Waals surface area contributed by atoms with Crippen LogP contribution >= 0.6 is 11.6 Å². The summed E-state index contributed by atoms with van der Waals surface area (Å²) in [6.45, 7) is 0.0153. The van der Waals surface area contributed by atoms with Gasteiger partial charge in [0.25, 0.3) is 0 Å². The van der Waals surface area contributed by atoms with E-state index in [1.165, 1.54) is 0 Å². The van der Waals surface area contributed by atoms with Crippen molar-refractivity contribution in [2.75, 3.05) is 17.8 Å².